The molecule has 0 saturated carbocycles. The molecular formula is C16H18F3N3. The number of benzene rings is 1. The molecule has 1 atom stereocenters. The molecule has 1 aromatic carbocycles. The summed E-state index contributed by atoms with van der Waals surface area (Å²) in [5.74, 6) is 0.414. The molecule has 1 unspecified atom stereocenters. The maximum Gasteiger partial charge on any atom is 0.416 e. The SMILES string of the molecule is NCCC1CCCc2c1cnn2-c1ccc(C(F)(F)F)cc1. The van der Waals surface area contributed by atoms with E-state index in [9.17, 15) is 13.2 Å². The van der Waals surface area contributed by atoms with Gasteiger partial charge in [-0.05, 0) is 68.0 Å². The Morgan fingerprint density at radius 3 is 2.59 bits per heavy atom. The van der Waals surface area contributed by atoms with E-state index in [1.54, 1.807) is 4.68 Å². The van der Waals surface area contributed by atoms with Crippen molar-refractivity contribution in [3.63, 3.8) is 0 Å². The van der Waals surface area contributed by atoms with Gasteiger partial charge >= 0.3 is 6.18 Å². The van der Waals surface area contributed by atoms with Gasteiger partial charge < -0.3 is 5.73 Å². The van der Waals surface area contributed by atoms with Crippen molar-refractivity contribution < 1.29 is 13.2 Å². The van der Waals surface area contributed by atoms with Crippen molar-refractivity contribution in [2.24, 2.45) is 5.73 Å². The van der Waals surface area contributed by atoms with Crippen LogP contribution in [0.5, 0.6) is 0 Å². The Morgan fingerprint density at radius 2 is 1.95 bits per heavy atom. The third kappa shape index (κ3) is 2.75. The molecule has 0 fully saturated rings. The van der Waals surface area contributed by atoms with E-state index in [1.807, 2.05) is 6.20 Å². The van der Waals surface area contributed by atoms with Crippen LogP contribution in [0, 0.1) is 0 Å². The quantitative estimate of drug-likeness (QED) is 0.940. The minimum atomic E-state index is -4.31. The Bertz CT molecular complexity index is 644. The van der Waals surface area contributed by atoms with Crippen LogP contribution >= 0.6 is 0 Å². The largest absolute Gasteiger partial charge is 0.416 e. The van der Waals surface area contributed by atoms with Crippen molar-refractivity contribution in [1.29, 1.82) is 0 Å². The Kier molecular flexibility index (Phi) is 3.95. The first-order chi connectivity index (χ1) is 10.5. The number of fused-ring (bicyclic) bond motifs is 1. The Labute approximate surface area is 126 Å². The van der Waals surface area contributed by atoms with E-state index in [0.29, 0.717) is 18.2 Å². The van der Waals surface area contributed by atoms with E-state index < -0.39 is 11.7 Å². The van der Waals surface area contributed by atoms with Crippen molar-refractivity contribution >= 4 is 0 Å². The van der Waals surface area contributed by atoms with Crippen LogP contribution in [-0.4, -0.2) is 16.3 Å². The average Bonchev–Trinajstić information content (AvgIpc) is 2.92. The fourth-order valence-corrected chi connectivity index (χ4v) is 3.16. The van der Waals surface area contributed by atoms with Gasteiger partial charge in [0.15, 0.2) is 0 Å². The average molecular weight is 309 g/mol. The van der Waals surface area contributed by atoms with Crippen LogP contribution in [0.15, 0.2) is 30.5 Å². The molecule has 6 heteroatoms. The molecule has 1 aliphatic rings. The van der Waals surface area contributed by atoms with Gasteiger partial charge in [-0.25, -0.2) is 4.68 Å². The first-order valence-electron chi connectivity index (χ1n) is 7.45. The van der Waals surface area contributed by atoms with Crippen molar-refractivity contribution in [3.05, 3.63) is 47.3 Å². The van der Waals surface area contributed by atoms with Crippen molar-refractivity contribution in [2.75, 3.05) is 6.54 Å². The van der Waals surface area contributed by atoms with E-state index in [-0.39, 0.29) is 0 Å². The highest BCUT2D eigenvalue weighted by Crippen LogP contribution is 2.35. The van der Waals surface area contributed by atoms with Crippen molar-refractivity contribution in [3.8, 4) is 5.69 Å². The van der Waals surface area contributed by atoms with E-state index in [0.717, 1.165) is 43.5 Å². The summed E-state index contributed by atoms with van der Waals surface area (Å²) in [4.78, 5) is 0. The summed E-state index contributed by atoms with van der Waals surface area (Å²) < 4.78 is 39.7. The molecule has 2 aromatic rings. The van der Waals surface area contributed by atoms with Gasteiger partial charge in [0.1, 0.15) is 0 Å². The van der Waals surface area contributed by atoms with Crippen LogP contribution in [0.25, 0.3) is 5.69 Å². The molecule has 1 aromatic heterocycles. The molecule has 1 aliphatic carbocycles. The van der Waals surface area contributed by atoms with Gasteiger partial charge in [-0.15, -0.1) is 0 Å². The van der Waals surface area contributed by atoms with Gasteiger partial charge in [-0.2, -0.15) is 18.3 Å². The predicted molar refractivity (Wildman–Crippen MR) is 77.9 cm³/mol. The molecular weight excluding hydrogens is 291 g/mol. The molecule has 3 nitrogen and oxygen atoms in total. The van der Waals surface area contributed by atoms with Crippen molar-refractivity contribution in [2.45, 2.75) is 37.8 Å². The second kappa shape index (κ2) is 5.76. The smallest absolute Gasteiger partial charge is 0.330 e. The number of aromatic nitrogens is 2. The minimum Gasteiger partial charge on any atom is -0.330 e. The number of nitrogens with two attached hydrogens (primary N) is 1. The van der Waals surface area contributed by atoms with Crippen LogP contribution in [0.3, 0.4) is 0 Å². The van der Waals surface area contributed by atoms with Crippen LogP contribution in [-0.2, 0) is 12.6 Å². The lowest BCUT2D eigenvalue weighted by atomic mass is 9.85. The standard InChI is InChI=1S/C16H18F3N3/c17-16(18,19)12-4-6-13(7-5-12)22-15-3-1-2-11(8-9-20)14(15)10-21-22/h4-7,10-11H,1-3,8-9,20H2. The summed E-state index contributed by atoms with van der Waals surface area (Å²) >= 11 is 0. The molecule has 0 radical (unpaired) electrons. The third-order valence-electron chi connectivity index (χ3n) is 4.26. The van der Waals surface area contributed by atoms with Crippen LogP contribution < -0.4 is 5.73 Å². The van der Waals surface area contributed by atoms with Gasteiger partial charge in [0.25, 0.3) is 0 Å². The lowest BCUT2D eigenvalue weighted by Crippen LogP contribution is -2.15. The van der Waals surface area contributed by atoms with Gasteiger partial charge in [-0.3, -0.25) is 0 Å². The number of hydrogen-bond donors (Lipinski definition) is 1. The second-order valence-corrected chi connectivity index (χ2v) is 5.67. The third-order valence-corrected chi connectivity index (χ3v) is 4.26. The maximum absolute atomic E-state index is 12.6. The summed E-state index contributed by atoms with van der Waals surface area (Å²) in [6.07, 6.45) is 1.51. The predicted octanol–water partition coefficient (Wildman–Crippen LogP) is 3.66. The monoisotopic (exact) mass is 309 g/mol. The second-order valence-electron chi connectivity index (χ2n) is 5.67. The highest BCUT2D eigenvalue weighted by molar-refractivity contribution is 5.39. The summed E-state index contributed by atoms with van der Waals surface area (Å²) in [5, 5.41) is 4.39. The zero-order valence-corrected chi connectivity index (χ0v) is 12.1. The van der Waals surface area contributed by atoms with Gasteiger partial charge in [-0.1, -0.05) is 0 Å². The molecule has 0 amide bonds. The molecule has 0 spiro atoms. The zero-order chi connectivity index (χ0) is 15.7. The van der Waals surface area contributed by atoms with Crippen molar-refractivity contribution in [1.82, 2.24) is 9.78 Å². The van der Waals surface area contributed by atoms with Gasteiger partial charge in [0, 0.05) is 5.69 Å². The highest BCUT2D eigenvalue weighted by Gasteiger charge is 2.30. The first-order valence-corrected chi connectivity index (χ1v) is 7.45. The fourth-order valence-electron chi connectivity index (χ4n) is 3.16. The molecule has 2 N–H and O–H groups in total. The molecule has 22 heavy (non-hydrogen) atoms. The molecule has 3 rings (SSSR count). The van der Waals surface area contributed by atoms with Crippen LogP contribution in [0.1, 0.15) is 42.0 Å². The molecule has 118 valence electrons. The van der Waals surface area contributed by atoms with E-state index in [1.165, 1.54) is 17.7 Å². The molecule has 0 saturated heterocycles. The van der Waals surface area contributed by atoms with Gasteiger partial charge in [0.05, 0.1) is 17.4 Å². The Balaban J connectivity index is 1.93. The van der Waals surface area contributed by atoms with Crippen LogP contribution in [0.2, 0.25) is 0 Å². The van der Waals surface area contributed by atoms with E-state index in [2.05, 4.69) is 5.10 Å². The molecule has 0 aliphatic heterocycles. The van der Waals surface area contributed by atoms with Gasteiger partial charge in [0.2, 0.25) is 0 Å². The topological polar surface area (TPSA) is 43.8 Å². The number of halogens is 3. The van der Waals surface area contributed by atoms with E-state index in [4.69, 9.17) is 5.73 Å². The molecule has 1 heterocycles. The highest BCUT2D eigenvalue weighted by atomic mass is 19.4. The minimum absolute atomic E-state index is 0.414. The van der Waals surface area contributed by atoms with Crippen LogP contribution in [0.4, 0.5) is 13.2 Å². The Morgan fingerprint density at radius 1 is 1.23 bits per heavy atom. The first kappa shape index (κ1) is 15.1. The normalized spacial score (nSPS) is 18.3. The lowest BCUT2D eigenvalue weighted by Gasteiger charge is -2.22. The number of nitrogens with zero attached hydrogens (tertiary/aromatic N) is 2. The summed E-state index contributed by atoms with van der Waals surface area (Å²) in [6, 6.07) is 5.15. The number of alkyl halides is 3. The summed E-state index contributed by atoms with van der Waals surface area (Å²) in [7, 11) is 0. The maximum atomic E-state index is 12.6. The summed E-state index contributed by atoms with van der Waals surface area (Å²) in [5.41, 5.74) is 7.98. The number of rotatable bonds is 3. The Hall–Kier alpha value is -1.82. The fraction of sp³-hybridized carbons (Fsp3) is 0.438. The number of hydrogen-bond acceptors (Lipinski definition) is 2. The lowest BCUT2D eigenvalue weighted by molar-refractivity contribution is -0.137. The molecule has 0 bridgehead atoms. The summed E-state index contributed by atoms with van der Waals surface area (Å²) in [6.45, 7) is 0.634. The van der Waals surface area contributed by atoms with E-state index >= 15 is 0 Å². The zero-order valence-electron chi connectivity index (χ0n) is 12.1.